The van der Waals surface area contributed by atoms with E-state index < -0.39 is 0 Å². The summed E-state index contributed by atoms with van der Waals surface area (Å²) in [6.07, 6.45) is 21.1. The Kier molecular flexibility index (Phi) is 43.3. The van der Waals surface area contributed by atoms with Gasteiger partial charge in [0.15, 0.2) is 0 Å². The third-order valence-electron chi connectivity index (χ3n) is 6.05. The molecule has 0 fully saturated rings. The first-order chi connectivity index (χ1) is 18.7. The first-order valence-electron chi connectivity index (χ1n) is 16.0. The molecule has 0 aliphatic heterocycles. The summed E-state index contributed by atoms with van der Waals surface area (Å²) in [5, 5.41) is 0. The molecule has 0 unspecified atom stereocenters. The molecule has 0 heterocycles. The first kappa shape index (κ1) is 43.9. The number of carbonyl (C=O) groups excluding carboxylic acids is 2. The molecule has 0 spiro atoms. The predicted molar refractivity (Wildman–Crippen MR) is 180 cm³/mol. The number of rotatable bonds is 24. The maximum absolute atomic E-state index is 10.7. The van der Waals surface area contributed by atoms with Crippen molar-refractivity contribution in [1.29, 1.82) is 0 Å². The number of esters is 2. The van der Waals surface area contributed by atoms with Gasteiger partial charge >= 0.3 is 107 Å². The average Bonchev–Trinajstić information content (AvgIpc) is 2.91. The minimum absolute atomic E-state index is 0.112. The van der Waals surface area contributed by atoms with Gasteiger partial charge < -0.3 is 9.47 Å². The zero-order valence-electron chi connectivity index (χ0n) is 26.7. The first-order valence-corrected chi connectivity index (χ1v) is 21.3. The molecule has 0 rings (SSSR count). The van der Waals surface area contributed by atoms with Crippen LogP contribution >= 0.6 is 25.3 Å². The van der Waals surface area contributed by atoms with Crippen molar-refractivity contribution in [3.63, 3.8) is 0 Å². The number of thiol groups is 2. The molecule has 0 aromatic rings. The van der Waals surface area contributed by atoms with Crippen molar-refractivity contribution in [3.05, 3.63) is 0 Å². The van der Waals surface area contributed by atoms with E-state index in [-0.39, 0.29) is 44.6 Å². The normalized spacial score (nSPS) is 10.5. The fraction of sp³-hybridized carbons (Fsp3) is 0.938. The van der Waals surface area contributed by atoms with Crippen molar-refractivity contribution in [2.45, 2.75) is 153 Å². The number of hydrogen-bond acceptors (Lipinski definition) is 6. The maximum atomic E-state index is 10.7. The molecule has 2 radical (unpaired) electrons. The Morgan fingerprint density at radius 3 is 1.36 bits per heavy atom. The van der Waals surface area contributed by atoms with E-state index in [1.807, 2.05) is 0 Å². The quantitative estimate of drug-likeness (QED) is 0.0457. The molecule has 7 heteroatoms. The number of carbonyl (C=O) groups is 2. The molecule has 0 saturated carbocycles. The van der Waals surface area contributed by atoms with Crippen molar-refractivity contribution in [2.75, 3.05) is 24.7 Å². The summed E-state index contributed by atoms with van der Waals surface area (Å²) >= 11 is 7.73. The summed E-state index contributed by atoms with van der Waals surface area (Å²) in [7, 11) is 0. The average molecular weight is 698 g/mol. The van der Waals surface area contributed by atoms with Crippen molar-refractivity contribution >= 4 is 58.3 Å². The second-order valence-corrected chi connectivity index (χ2v) is 16.0. The third-order valence-corrected chi connectivity index (χ3v) is 10.6. The monoisotopic (exact) mass is 698 g/mol. The Morgan fingerprint density at radius 2 is 0.949 bits per heavy atom. The Morgan fingerprint density at radius 1 is 0.564 bits per heavy atom. The van der Waals surface area contributed by atoms with E-state index in [0.717, 1.165) is 37.5 Å². The molecule has 0 saturated heterocycles. The molecule has 0 atom stereocenters. The van der Waals surface area contributed by atoms with Crippen LogP contribution in [0.15, 0.2) is 0 Å². The van der Waals surface area contributed by atoms with Crippen molar-refractivity contribution in [3.8, 4) is 0 Å². The van der Waals surface area contributed by atoms with E-state index in [1.165, 1.54) is 70.6 Å². The van der Waals surface area contributed by atoms with Crippen molar-refractivity contribution in [2.24, 2.45) is 11.8 Å². The van der Waals surface area contributed by atoms with Gasteiger partial charge in [-0.1, -0.05) is 66.2 Å². The fourth-order valence-electron chi connectivity index (χ4n) is 3.58. The van der Waals surface area contributed by atoms with Gasteiger partial charge in [-0.05, 0) is 24.7 Å². The van der Waals surface area contributed by atoms with Crippen molar-refractivity contribution < 1.29 is 19.1 Å². The molecule has 0 aliphatic carbocycles. The van der Waals surface area contributed by atoms with Crippen LogP contribution in [-0.4, -0.2) is 57.8 Å². The second kappa shape index (κ2) is 38.4. The molecule has 0 aromatic heterocycles. The van der Waals surface area contributed by atoms with E-state index in [2.05, 4.69) is 66.8 Å². The predicted octanol–water partition coefficient (Wildman–Crippen LogP) is 10.0. The molecule has 0 amide bonds. The van der Waals surface area contributed by atoms with Crippen LogP contribution in [0.2, 0.25) is 8.87 Å². The van der Waals surface area contributed by atoms with E-state index in [4.69, 9.17) is 9.47 Å². The molecular weight excluding hydrogens is 631 g/mol. The van der Waals surface area contributed by atoms with E-state index >= 15 is 0 Å². The van der Waals surface area contributed by atoms with Crippen LogP contribution in [-0.2, 0) is 19.1 Å². The second-order valence-electron chi connectivity index (χ2n) is 11.1. The zero-order valence-corrected chi connectivity index (χ0v) is 31.4. The van der Waals surface area contributed by atoms with Gasteiger partial charge in [-0.25, -0.2) is 0 Å². The molecule has 0 aliphatic rings. The molecule has 0 N–H and O–H groups in total. The van der Waals surface area contributed by atoms with Gasteiger partial charge in [0.2, 0.25) is 0 Å². The van der Waals surface area contributed by atoms with Gasteiger partial charge in [-0.3, -0.25) is 9.59 Å². The summed E-state index contributed by atoms with van der Waals surface area (Å²) in [6, 6.07) is 0. The standard InChI is InChI=1S/2C10H20O2S.C8H17.C4H9.Sn/c2*1-9(2)6-4-3-5-7-12-10(11)8-13;1-3-5-7-8-6-4-2;1-3-4-2;/h2*9,13H,3-8H2,1-2H3;1,3-8H2,2H3;1,3-4H2,2H3;. The van der Waals surface area contributed by atoms with Crippen LogP contribution in [0.4, 0.5) is 0 Å². The van der Waals surface area contributed by atoms with E-state index in [9.17, 15) is 9.59 Å². The Hall–Kier alpha value is 0.439. The summed E-state index contributed by atoms with van der Waals surface area (Å²) in [6.45, 7) is 14.6. The third kappa shape index (κ3) is 48.5. The Balaban J connectivity index is -0.000000498. The summed E-state index contributed by atoms with van der Waals surface area (Å²) in [5.41, 5.74) is 0. The Labute approximate surface area is 265 Å². The van der Waals surface area contributed by atoms with Crippen LogP contribution in [0.5, 0.6) is 0 Å². The van der Waals surface area contributed by atoms with Gasteiger partial charge in [0.1, 0.15) is 0 Å². The van der Waals surface area contributed by atoms with E-state index in [1.54, 1.807) is 15.3 Å². The fourth-order valence-corrected chi connectivity index (χ4v) is 7.63. The van der Waals surface area contributed by atoms with Gasteiger partial charge in [-0.2, -0.15) is 25.3 Å². The number of ether oxygens (including phenoxy) is 2. The van der Waals surface area contributed by atoms with Crippen LogP contribution in [0, 0.1) is 11.8 Å². The van der Waals surface area contributed by atoms with Gasteiger partial charge in [0.25, 0.3) is 0 Å². The van der Waals surface area contributed by atoms with Gasteiger partial charge in [0, 0.05) is 0 Å². The van der Waals surface area contributed by atoms with Crippen LogP contribution in [0.3, 0.4) is 0 Å². The molecule has 0 bridgehead atoms. The van der Waals surface area contributed by atoms with Gasteiger partial charge in [0.05, 0.1) is 24.7 Å². The van der Waals surface area contributed by atoms with Crippen LogP contribution in [0.25, 0.3) is 0 Å². The summed E-state index contributed by atoms with van der Waals surface area (Å²) in [5.74, 6) is 1.50. The molecule has 39 heavy (non-hydrogen) atoms. The summed E-state index contributed by atoms with van der Waals surface area (Å²) < 4.78 is 13.0. The van der Waals surface area contributed by atoms with Crippen LogP contribution in [0.1, 0.15) is 144 Å². The van der Waals surface area contributed by atoms with Crippen molar-refractivity contribution in [1.82, 2.24) is 0 Å². The molecular formula is C32H66O4S2Sn. The number of hydrogen-bond donors (Lipinski definition) is 2. The Bertz CT molecular complexity index is 449. The van der Waals surface area contributed by atoms with Gasteiger partial charge in [-0.15, -0.1) is 0 Å². The molecule has 0 aromatic carbocycles. The van der Waals surface area contributed by atoms with Crippen LogP contribution < -0.4 is 0 Å². The van der Waals surface area contributed by atoms with E-state index in [0.29, 0.717) is 13.2 Å². The topological polar surface area (TPSA) is 52.6 Å². The SMILES string of the molecule is CC(C)CCCCCOC(=O)CS.CC(C)CCCCCOC(=O)CS.CCCCCCC[CH2][Sn][CH2]CCC. The number of unbranched alkanes of at least 4 members (excludes halogenated alkanes) is 10. The molecule has 4 nitrogen and oxygen atoms in total. The molecule has 234 valence electrons. The zero-order chi connectivity index (χ0) is 30.0. The minimum atomic E-state index is -0.216. The summed E-state index contributed by atoms with van der Waals surface area (Å²) in [4.78, 5) is 21.3.